The molecular weight excluding hydrogens is 420 g/mol. The predicted molar refractivity (Wildman–Crippen MR) is 115 cm³/mol. The van der Waals surface area contributed by atoms with E-state index in [2.05, 4.69) is 32.8 Å². The molecule has 136 valence electrons. The molecular formula is C17H23BrN4OS2. The smallest absolute Gasteiger partial charge is 0.195 e. The van der Waals surface area contributed by atoms with Crippen LogP contribution >= 0.6 is 41.7 Å². The highest BCUT2D eigenvalue weighted by molar-refractivity contribution is 9.10. The number of fused-ring (bicyclic) bond motifs is 1. The Balaban J connectivity index is 0.00000101. The summed E-state index contributed by atoms with van der Waals surface area (Å²) in [7, 11) is 1.92. The summed E-state index contributed by atoms with van der Waals surface area (Å²) in [4.78, 5) is 8.90. The molecule has 0 bridgehead atoms. The molecule has 0 atom stereocenters. The summed E-state index contributed by atoms with van der Waals surface area (Å²) < 4.78 is 10.2. The quantitative estimate of drug-likeness (QED) is 0.412. The second kappa shape index (κ2) is 9.94. The van der Waals surface area contributed by atoms with Gasteiger partial charge in [0.2, 0.25) is 0 Å². The average molecular weight is 443 g/mol. The van der Waals surface area contributed by atoms with E-state index < -0.39 is 0 Å². The first kappa shape index (κ1) is 21.7. The molecule has 8 heteroatoms. The number of hydrogen-bond donors (Lipinski definition) is 0. The van der Waals surface area contributed by atoms with Crippen LogP contribution in [0.25, 0.3) is 11.2 Å². The Morgan fingerprint density at radius 2 is 1.80 bits per heavy atom. The number of nitrogens with zero attached hydrogens (tertiary/aromatic N) is 4. The van der Waals surface area contributed by atoms with Crippen LogP contribution in [0.4, 0.5) is 0 Å². The van der Waals surface area contributed by atoms with E-state index in [0.29, 0.717) is 0 Å². The number of hydrogen-bond acceptors (Lipinski definition) is 5. The largest absolute Gasteiger partial charge is 0.404 e. The molecule has 0 fully saturated rings. The minimum atomic E-state index is 0. The normalized spacial score (nSPS) is 9.84. The van der Waals surface area contributed by atoms with Crippen molar-refractivity contribution in [2.75, 3.05) is 11.5 Å². The maximum absolute atomic E-state index is 5.72. The summed E-state index contributed by atoms with van der Waals surface area (Å²) >= 11 is 4.59. The van der Waals surface area contributed by atoms with Crippen LogP contribution < -0.4 is 8.60 Å². The van der Waals surface area contributed by atoms with Gasteiger partial charge in [-0.15, -0.1) is 0 Å². The summed E-state index contributed by atoms with van der Waals surface area (Å²) in [5, 5.41) is 0. The van der Waals surface area contributed by atoms with E-state index in [0.717, 1.165) is 27.1 Å². The second-order valence-corrected chi connectivity index (χ2v) is 6.61. The van der Waals surface area contributed by atoms with Gasteiger partial charge in [0.1, 0.15) is 15.9 Å². The van der Waals surface area contributed by atoms with Crippen LogP contribution in [0, 0.1) is 13.8 Å². The van der Waals surface area contributed by atoms with Gasteiger partial charge in [-0.05, 0) is 47.5 Å². The van der Waals surface area contributed by atoms with Crippen LogP contribution in [0.1, 0.15) is 25.0 Å². The zero-order valence-corrected chi connectivity index (χ0v) is 18.3. The van der Waals surface area contributed by atoms with E-state index in [-0.39, 0.29) is 13.5 Å². The van der Waals surface area contributed by atoms with Gasteiger partial charge in [-0.25, -0.2) is 19.1 Å². The zero-order chi connectivity index (χ0) is 17.7. The number of halogens is 1. The Hall–Kier alpha value is -1.38. The third-order valence-electron chi connectivity index (χ3n) is 3.20. The number of aryl methyl sites for hydroxylation is 2. The highest BCUT2D eigenvalue weighted by Gasteiger charge is 2.13. The van der Waals surface area contributed by atoms with Crippen LogP contribution in [0.5, 0.6) is 5.75 Å². The molecule has 1 aromatic carbocycles. The third-order valence-corrected chi connectivity index (χ3v) is 4.24. The first-order chi connectivity index (χ1) is 11.5. The molecule has 0 aliphatic rings. The van der Waals surface area contributed by atoms with Crippen LogP contribution in [-0.4, -0.2) is 21.7 Å². The molecule has 2 aromatic heterocycles. The number of rotatable bonds is 4. The van der Waals surface area contributed by atoms with Crippen molar-refractivity contribution in [2.24, 2.45) is 0 Å². The molecule has 0 unspecified atom stereocenters. The maximum atomic E-state index is 5.72. The highest BCUT2D eigenvalue weighted by atomic mass is 79.9. The second-order valence-electron chi connectivity index (χ2n) is 4.96. The van der Waals surface area contributed by atoms with Gasteiger partial charge in [-0.3, -0.25) is 0 Å². The SMILES string of the molecule is CC.Cc1ccc(OSN(C)n2cc(C)c3nc(Br)cnc32)cc1.S. The Kier molecular flexibility index (Phi) is 8.61. The number of aromatic nitrogens is 3. The monoisotopic (exact) mass is 442 g/mol. The molecule has 0 N–H and O–H groups in total. The molecule has 5 nitrogen and oxygen atoms in total. The fraction of sp³-hybridized carbons (Fsp3) is 0.294. The Bertz CT molecular complexity index is 808. The van der Waals surface area contributed by atoms with Crippen LogP contribution in [0.3, 0.4) is 0 Å². The van der Waals surface area contributed by atoms with Gasteiger partial charge in [0, 0.05) is 13.2 Å². The van der Waals surface area contributed by atoms with Crippen molar-refractivity contribution >= 4 is 52.8 Å². The molecule has 25 heavy (non-hydrogen) atoms. The lowest BCUT2D eigenvalue weighted by molar-refractivity contribution is 0.632. The molecule has 3 aromatic rings. The number of benzene rings is 1. The standard InChI is InChI=1S/C15H15BrN4OS.C2H6.H2S/c1-10-4-6-12(7-5-10)21-22-19(3)20-9-11(2)14-15(20)17-8-13(16)18-14;1-2;/h4-9H,1-3H3;1-2H3;1H2. The lowest BCUT2D eigenvalue weighted by Crippen LogP contribution is -2.22. The lowest BCUT2D eigenvalue weighted by atomic mass is 10.2. The summed E-state index contributed by atoms with van der Waals surface area (Å²) in [5.41, 5.74) is 3.94. The van der Waals surface area contributed by atoms with Gasteiger partial charge in [0.25, 0.3) is 0 Å². The first-order valence-electron chi connectivity index (χ1n) is 7.70. The molecule has 0 aliphatic heterocycles. The van der Waals surface area contributed by atoms with E-state index in [4.69, 9.17) is 4.18 Å². The minimum Gasteiger partial charge on any atom is -0.404 e. The summed E-state index contributed by atoms with van der Waals surface area (Å²) in [6, 6.07) is 7.94. The molecule has 0 radical (unpaired) electrons. The van der Waals surface area contributed by atoms with Crippen molar-refractivity contribution in [3.8, 4) is 5.75 Å². The van der Waals surface area contributed by atoms with Crippen LogP contribution in [0.2, 0.25) is 0 Å². The van der Waals surface area contributed by atoms with Gasteiger partial charge >= 0.3 is 0 Å². The summed E-state index contributed by atoms with van der Waals surface area (Å²) in [6.07, 6.45) is 3.68. The Morgan fingerprint density at radius 3 is 2.44 bits per heavy atom. The molecule has 0 amide bonds. The van der Waals surface area contributed by atoms with Crippen molar-refractivity contribution in [3.05, 3.63) is 52.4 Å². The predicted octanol–water partition coefficient (Wildman–Crippen LogP) is 5.16. The summed E-state index contributed by atoms with van der Waals surface area (Å²) in [6.45, 7) is 8.06. The average Bonchev–Trinajstić information content (AvgIpc) is 2.92. The molecule has 0 saturated carbocycles. The van der Waals surface area contributed by atoms with E-state index >= 15 is 0 Å². The van der Waals surface area contributed by atoms with Crippen molar-refractivity contribution in [1.82, 2.24) is 14.6 Å². The highest BCUT2D eigenvalue weighted by Crippen LogP contribution is 2.23. The van der Waals surface area contributed by atoms with Gasteiger partial charge in [0.05, 0.1) is 6.20 Å². The van der Waals surface area contributed by atoms with E-state index in [1.54, 1.807) is 6.20 Å². The molecule has 0 spiro atoms. The Labute approximate surface area is 168 Å². The van der Waals surface area contributed by atoms with Crippen molar-refractivity contribution < 1.29 is 4.18 Å². The van der Waals surface area contributed by atoms with E-state index in [1.807, 2.05) is 67.4 Å². The molecule has 0 saturated heterocycles. The Morgan fingerprint density at radius 1 is 1.16 bits per heavy atom. The van der Waals surface area contributed by atoms with Gasteiger partial charge in [-0.2, -0.15) is 13.5 Å². The van der Waals surface area contributed by atoms with Gasteiger partial charge in [-0.1, -0.05) is 31.5 Å². The lowest BCUT2D eigenvalue weighted by Gasteiger charge is -2.18. The fourth-order valence-corrected chi connectivity index (χ4v) is 2.82. The van der Waals surface area contributed by atoms with Crippen molar-refractivity contribution in [3.63, 3.8) is 0 Å². The van der Waals surface area contributed by atoms with Crippen LogP contribution in [-0.2, 0) is 0 Å². The van der Waals surface area contributed by atoms with Gasteiger partial charge < -0.3 is 4.18 Å². The fourth-order valence-electron chi connectivity index (χ4n) is 2.04. The maximum Gasteiger partial charge on any atom is 0.195 e. The molecule has 0 aliphatic carbocycles. The topological polar surface area (TPSA) is 43.2 Å². The van der Waals surface area contributed by atoms with E-state index in [9.17, 15) is 0 Å². The van der Waals surface area contributed by atoms with E-state index in [1.165, 1.54) is 17.8 Å². The first-order valence-corrected chi connectivity index (χ1v) is 9.19. The van der Waals surface area contributed by atoms with Crippen molar-refractivity contribution in [1.29, 1.82) is 0 Å². The van der Waals surface area contributed by atoms with Gasteiger partial charge in [0.15, 0.2) is 17.9 Å². The summed E-state index contributed by atoms with van der Waals surface area (Å²) in [5.74, 6) is 0.810. The third kappa shape index (κ3) is 5.29. The van der Waals surface area contributed by atoms with Crippen LogP contribution in [0.15, 0.2) is 41.3 Å². The van der Waals surface area contributed by atoms with Crippen molar-refractivity contribution in [2.45, 2.75) is 27.7 Å². The molecule has 3 rings (SSSR count). The minimum absolute atomic E-state index is 0. The zero-order valence-electron chi connectivity index (χ0n) is 14.9. The molecule has 2 heterocycles.